The molecule has 0 radical (unpaired) electrons. The van der Waals surface area contributed by atoms with E-state index in [9.17, 15) is 9.18 Å². The Morgan fingerprint density at radius 2 is 1.93 bits per heavy atom. The average Bonchev–Trinajstić information content (AvgIpc) is 3.07. The van der Waals surface area contributed by atoms with Crippen LogP contribution in [0.15, 0.2) is 71.5 Å². The van der Waals surface area contributed by atoms with Crippen molar-refractivity contribution in [1.29, 1.82) is 0 Å². The van der Waals surface area contributed by atoms with Crippen molar-refractivity contribution in [2.24, 2.45) is 0 Å². The third-order valence-electron chi connectivity index (χ3n) is 4.09. The molecule has 0 saturated heterocycles. The molecule has 134 valence electrons. The lowest BCUT2D eigenvalue weighted by Crippen LogP contribution is -2.13. The van der Waals surface area contributed by atoms with Crippen molar-refractivity contribution in [3.63, 3.8) is 0 Å². The van der Waals surface area contributed by atoms with E-state index in [1.165, 1.54) is 24.4 Å². The maximum absolute atomic E-state index is 13.2. The Balaban J connectivity index is 1.57. The van der Waals surface area contributed by atoms with E-state index in [0.717, 1.165) is 10.9 Å². The van der Waals surface area contributed by atoms with Gasteiger partial charge in [-0.1, -0.05) is 30.3 Å². The lowest BCUT2D eigenvalue weighted by atomic mass is 10.2. The fraction of sp³-hybridized carbons (Fsp3) is 0.0500. The summed E-state index contributed by atoms with van der Waals surface area (Å²) in [5, 5.41) is 7.89. The van der Waals surface area contributed by atoms with Gasteiger partial charge in [-0.3, -0.25) is 4.79 Å². The lowest BCUT2D eigenvalue weighted by Gasteiger charge is -2.08. The molecule has 0 spiro atoms. The average molecular weight is 425 g/mol. The Bertz CT molecular complexity index is 1130. The van der Waals surface area contributed by atoms with Gasteiger partial charge in [0, 0.05) is 16.1 Å². The predicted molar refractivity (Wildman–Crippen MR) is 105 cm³/mol. The van der Waals surface area contributed by atoms with Crippen LogP contribution >= 0.6 is 15.9 Å². The number of amides is 1. The van der Waals surface area contributed by atoms with Gasteiger partial charge in [0.1, 0.15) is 5.82 Å². The Hall–Kier alpha value is -3.06. The third-order valence-corrected chi connectivity index (χ3v) is 4.75. The number of halogens is 2. The summed E-state index contributed by atoms with van der Waals surface area (Å²) in [5.41, 5.74) is 2.71. The van der Waals surface area contributed by atoms with Gasteiger partial charge in [-0.25, -0.2) is 14.1 Å². The summed E-state index contributed by atoms with van der Waals surface area (Å²) < 4.78 is 15.4. The van der Waals surface area contributed by atoms with Crippen molar-refractivity contribution in [3.05, 3.63) is 88.4 Å². The van der Waals surface area contributed by atoms with Gasteiger partial charge in [0.15, 0.2) is 5.65 Å². The zero-order chi connectivity index (χ0) is 18.8. The minimum atomic E-state index is -0.381. The summed E-state index contributed by atoms with van der Waals surface area (Å²) in [4.78, 5) is 16.9. The second-order valence-corrected chi connectivity index (χ2v) is 6.86. The molecular weight excluding hydrogens is 411 g/mol. The molecule has 5 nitrogen and oxygen atoms in total. The van der Waals surface area contributed by atoms with Gasteiger partial charge in [0.2, 0.25) is 0 Å². The first kappa shape index (κ1) is 17.4. The second-order valence-electron chi connectivity index (χ2n) is 6.00. The quantitative estimate of drug-likeness (QED) is 0.519. The van der Waals surface area contributed by atoms with E-state index in [4.69, 9.17) is 0 Å². The summed E-state index contributed by atoms with van der Waals surface area (Å²) in [6.07, 6.45) is 3.20. The number of rotatable bonds is 4. The summed E-state index contributed by atoms with van der Waals surface area (Å²) in [6, 6.07) is 15.8. The molecule has 0 aliphatic rings. The molecule has 2 heterocycles. The Labute approximate surface area is 163 Å². The fourth-order valence-electron chi connectivity index (χ4n) is 2.75. The predicted octanol–water partition coefficient (Wildman–Crippen LogP) is 4.63. The van der Waals surface area contributed by atoms with Gasteiger partial charge in [-0.05, 0) is 45.8 Å². The van der Waals surface area contributed by atoms with Crippen molar-refractivity contribution < 1.29 is 9.18 Å². The molecule has 1 amide bonds. The van der Waals surface area contributed by atoms with Gasteiger partial charge < -0.3 is 5.32 Å². The van der Waals surface area contributed by atoms with E-state index >= 15 is 0 Å². The van der Waals surface area contributed by atoms with Crippen LogP contribution in [0.2, 0.25) is 0 Å². The topological polar surface area (TPSA) is 59.8 Å². The largest absolute Gasteiger partial charge is 0.321 e. The normalized spacial score (nSPS) is 10.9. The molecule has 0 aliphatic heterocycles. The first-order chi connectivity index (χ1) is 13.1. The summed E-state index contributed by atoms with van der Waals surface area (Å²) in [6.45, 7) is 0.603. The number of pyridine rings is 1. The maximum Gasteiger partial charge on any atom is 0.257 e. The van der Waals surface area contributed by atoms with Crippen molar-refractivity contribution in [2.45, 2.75) is 6.54 Å². The van der Waals surface area contributed by atoms with Crippen LogP contribution in [0.4, 0.5) is 10.1 Å². The van der Waals surface area contributed by atoms with Crippen LogP contribution in [-0.4, -0.2) is 20.7 Å². The monoisotopic (exact) mass is 424 g/mol. The highest BCUT2D eigenvalue weighted by atomic mass is 79.9. The molecule has 1 N–H and O–H groups in total. The molecule has 27 heavy (non-hydrogen) atoms. The number of aromatic nitrogens is 3. The van der Waals surface area contributed by atoms with Crippen LogP contribution in [0.5, 0.6) is 0 Å². The van der Waals surface area contributed by atoms with Crippen molar-refractivity contribution in [2.75, 3.05) is 5.32 Å². The number of carbonyl (C=O) groups is 1. The lowest BCUT2D eigenvalue weighted by molar-refractivity contribution is 0.102. The van der Waals surface area contributed by atoms with Gasteiger partial charge >= 0.3 is 0 Å². The molecule has 0 unspecified atom stereocenters. The second kappa shape index (κ2) is 7.28. The number of anilines is 1. The van der Waals surface area contributed by atoms with Gasteiger partial charge in [0.25, 0.3) is 5.91 Å². The SMILES string of the molecule is O=C(Nc1ccc(F)cc1Br)c1cnc2c(cnn2Cc2ccccc2)c1. The van der Waals surface area contributed by atoms with Crippen molar-refractivity contribution >= 4 is 38.6 Å². The molecule has 4 rings (SSSR count). The van der Waals surface area contributed by atoms with Crippen LogP contribution in [0.25, 0.3) is 11.0 Å². The van der Waals surface area contributed by atoms with Crippen molar-refractivity contribution in [3.8, 4) is 0 Å². The van der Waals surface area contributed by atoms with Crippen LogP contribution in [0, 0.1) is 5.82 Å². The minimum absolute atomic E-state index is 0.326. The molecule has 7 heteroatoms. The zero-order valence-corrected chi connectivity index (χ0v) is 15.6. The summed E-state index contributed by atoms with van der Waals surface area (Å²) in [7, 11) is 0. The third kappa shape index (κ3) is 3.73. The highest BCUT2D eigenvalue weighted by Crippen LogP contribution is 2.24. The van der Waals surface area contributed by atoms with Crippen LogP contribution in [0.3, 0.4) is 0 Å². The van der Waals surface area contributed by atoms with E-state index in [1.54, 1.807) is 16.9 Å². The number of benzene rings is 2. The molecule has 0 bridgehead atoms. The standard InChI is InChI=1S/C20H14BrFN4O/c21-17-9-16(22)6-7-18(17)25-20(27)15-8-14-11-24-26(19(14)23-10-15)12-13-4-2-1-3-5-13/h1-11H,12H2,(H,25,27). The summed E-state index contributed by atoms with van der Waals surface area (Å²) in [5.74, 6) is -0.707. The first-order valence-electron chi connectivity index (χ1n) is 8.22. The Kier molecular flexibility index (Phi) is 4.68. The number of nitrogens with one attached hydrogen (secondary N) is 1. The highest BCUT2D eigenvalue weighted by Gasteiger charge is 2.12. The van der Waals surface area contributed by atoms with E-state index in [-0.39, 0.29) is 11.7 Å². The number of hydrogen-bond acceptors (Lipinski definition) is 3. The van der Waals surface area contributed by atoms with Crippen molar-refractivity contribution in [1.82, 2.24) is 14.8 Å². The van der Waals surface area contributed by atoms with Crippen LogP contribution < -0.4 is 5.32 Å². The number of fused-ring (bicyclic) bond motifs is 1. The molecule has 0 atom stereocenters. The number of nitrogens with zero attached hydrogens (tertiary/aromatic N) is 3. The molecule has 0 fully saturated rings. The molecule has 4 aromatic rings. The van der Waals surface area contributed by atoms with E-state index < -0.39 is 0 Å². The summed E-state index contributed by atoms with van der Waals surface area (Å²) >= 11 is 3.24. The zero-order valence-electron chi connectivity index (χ0n) is 14.1. The number of hydrogen-bond donors (Lipinski definition) is 1. The van der Waals surface area contributed by atoms with Gasteiger partial charge in [-0.2, -0.15) is 5.10 Å². The van der Waals surface area contributed by atoms with Crippen LogP contribution in [-0.2, 0) is 6.54 Å². The van der Waals surface area contributed by atoms with Crippen LogP contribution in [0.1, 0.15) is 15.9 Å². The Morgan fingerprint density at radius 3 is 2.70 bits per heavy atom. The maximum atomic E-state index is 13.2. The smallest absolute Gasteiger partial charge is 0.257 e. The van der Waals surface area contributed by atoms with Gasteiger partial charge in [0.05, 0.1) is 24.0 Å². The molecule has 0 saturated carbocycles. The van der Waals surface area contributed by atoms with E-state index in [1.807, 2.05) is 30.3 Å². The first-order valence-corrected chi connectivity index (χ1v) is 9.01. The Morgan fingerprint density at radius 1 is 1.11 bits per heavy atom. The molecule has 2 aromatic heterocycles. The molecule has 0 aliphatic carbocycles. The van der Waals surface area contributed by atoms with E-state index in [0.29, 0.717) is 27.9 Å². The van der Waals surface area contributed by atoms with Gasteiger partial charge in [-0.15, -0.1) is 0 Å². The molecule has 2 aromatic carbocycles. The highest BCUT2D eigenvalue weighted by molar-refractivity contribution is 9.10. The van der Waals surface area contributed by atoms with E-state index in [2.05, 4.69) is 31.3 Å². The minimum Gasteiger partial charge on any atom is -0.321 e. The molecular formula is C20H14BrFN4O. The fourth-order valence-corrected chi connectivity index (χ4v) is 3.20. The number of carbonyl (C=O) groups excluding carboxylic acids is 1.